The lowest BCUT2D eigenvalue weighted by Gasteiger charge is -2.11. The zero-order valence-corrected chi connectivity index (χ0v) is 16.2. The van der Waals surface area contributed by atoms with Crippen molar-refractivity contribution in [2.75, 3.05) is 0 Å². The molecular formula is C19H20N2O3S2. The van der Waals surface area contributed by atoms with Gasteiger partial charge in [-0.1, -0.05) is 29.8 Å². The molecule has 1 aromatic carbocycles. The van der Waals surface area contributed by atoms with Crippen molar-refractivity contribution in [3.8, 4) is 10.8 Å². The Morgan fingerprint density at radius 1 is 1.31 bits per heavy atom. The number of nitrogens with zero attached hydrogens (tertiary/aromatic N) is 1. The van der Waals surface area contributed by atoms with Crippen LogP contribution in [0.5, 0.6) is 0 Å². The van der Waals surface area contributed by atoms with Gasteiger partial charge in [0.15, 0.2) is 10.8 Å². The van der Waals surface area contributed by atoms with Crippen LogP contribution in [-0.4, -0.2) is 20.3 Å². The lowest BCUT2D eigenvalue weighted by molar-refractivity contribution is -0.120. The van der Waals surface area contributed by atoms with Gasteiger partial charge in [-0.15, -0.1) is 11.3 Å². The summed E-state index contributed by atoms with van der Waals surface area (Å²) in [6.07, 6.45) is 1.59. The van der Waals surface area contributed by atoms with Crippen LogP contribution in [0.3, 0.4) is 0 Å². The molecule has 0 radical (unpaired) electrons. The second-order valence-electron chi connectivity index (χ2n) is 5.99. The second-order valence-corrected chi connectivity index (χ2v) is 8.61. The van der Waals surface area contributed by atoms with Crippen molar-refractivity contribution in [2.24, 2.45) is 0 Å². The van der Waals surface area contributed by atoms with Crippen molar-refractivity contribution in [1.82, 2.24) is 10.3 Å². The van der Waals surface area contributed by atoms with Gasteiger partial charge in [0, 0.05) is 22.7 Å². The molecule has 3 aromatic rings. The van der Waals surface area contributed by atoms with Gasteiger partial charge in [-0.05, 0) is 31.5 Å². The molecule has 2 atom stereocenters. The van der Waals surface area contributed by atoms with Gasteiger partial charge in [0.05, 0.1) is 17.7 Å². The van der Waals surface area contributed by atoms with E-state index in [0.717, 1.165) is 10.6 Å². The number of aromatic nitrogens is 1. The van der Waals surface area contributed by atoms with E-state index in [9.17, 15) is 9.00 Å². The summed E-state index contributed by atoms with van der Waals surface area (Å²) in [6, 6.07) is 11.6. The number of furan rings is 1. The maximum absolute atomic E-state index is 12.5. The molecule has 7 heteroatoms. The number of hydrogen-bond acceptors (Lipinski definition) is 5. The molecule has 1 N–H and O–H groups in total. The Morgan fingerprint density at radius 2 is 2.08 bits per heavy atom. The molecule has 2 unspecified atom stereocenters. The maximum Gasteiger partial charge on any atom is 0.235 e. The number of aryl methyl sites for hydroxylation is 1. The number of carbonyl (C=O) groups excluding carboxylic acids is 1. The lowest BCUT2D eigenvalue weighted by Crippen LogP contribution is -2.35. The van der Waals surface area contributed by atoms with Gasteiger partial charge in [0.1, 0.15) is 5.25 Å². The van der Waals surface area contributed by atoms with Gasteiger partial charge in [-0.3, -0.25) is 9.00 Å². The molecule has 5 nitrogen and oxygen atoms in total. The van der Waals surface area contributed by atoms with E-state index in [-0.39, 0.29) is 11.7 Å². The number of hydrogen-bond donors (Lipinski definition) is 1. The van der Waals surface area contributed by atoms with Gasteiger partial charge >= 0.3 is 0 Å². The fourth-order valence-corrected chi connectivity index (χ4v) is 4.22. The van der Waals surface area contributed by atoms with Crippen LogP contribution in [0.25, 0.3) is 10.8 Å². The van der Waals surface area contributed by atoms with E-state index in [1.807, 2.05) is 42.6 Å². The third kappa shape index (κ3) is 4.68. The molecule has 1 amide bonds. The second kappa shape index (κ2) is 8.42. The van der Waals surface area contributed by atoms with Gasteiger partial charge < -0.3 is 9.73 Å². The molecule has 0 spiro atoms. The molecular weight excluding hydrogens is 368 g/mol. The molecule has 3 rings (SSSR count). The van der Waals surface area contributed by atoms with Crippen molar-refractivity contribution in [3.05, 3.63) is 64.9 Å². The van der Waals surface area contributed by atoms with E-state index < -0.39 is 16.0 Å². The highest BCUT2D eigenvalue weighted by atomic mass is 32.2. The van der Waals surface area contributed by atoms with E-state index in [1.165, 1.54) is 16.9 Å². The molecule has 0 saturated heterocycles. The number of amides is 1. The smallest absolute Gasteiger partial charge is 0.235 e. The summed E-state index contributed by atoms with van der Waals surface area (Å²) < 4.78 is 17.8. The summed E-state index contributed by atoms with van der Waals surface area (Å²) in [5.74, 6) is 0.720. The van der Waals surface area contributed by atoms with Crippen LogP contribution >= 0.6 is 11.3 Å². The Hall–Kier alpha value is -2.25. The minimum Gasteiger partial charge on any atom is -0.462 e. The normalized spacial score (nSPS) is 13.3. The molecule has 0 aliphatic carbocycles. The van der Waals surface area contributed by atoms with Crippen LogP contribution in [0, 0.1) is 6.92 Å². The van der Waals surface area contributed by atoms with Gasteiger partial charge in [-0.25, -0.2) is 4.98 Å². The maximum atomic E-state index is 12.5. The summed E-state index contributed by atoms with van der Waals surface area (Å²) in [4.78, 5) is 16.7. The largest absolute Gasteiger partial charge is 0.462 e. The summed E-state index contributed by atoms with van der Waals surface area (Å²) in [6.45, 7) is 4.13. The van der Waals surface area contributed by atoms with E-state index in [2.05, 4.69) is 10.3 Å². The fraction of sp³-hybridized carbons (Fsp3) is 0.263. The van der Waals surface area contributed by atoms with Crippen LogP contribution in [0.4, 0.5) is 0 Å². The van der Waals surface area contributed by atoms with Crippen LogP contribution in [0.15, 0.2) is 52.5 Å². The first-order valence-electron chi connectivity index (χ1n) is 8.21. The number of nitrogens with one attached hydrogen (secondary N) is 1. The first kappa shape index (κ1) is 18.5. The summed E-state index contributed by atoms with van der Waals surface area (Å²) in [7, 11) is -1.34. The first-order chi connectivity index (χ1) is 12.5. The molecule has 0 saturated carbocycles. The quantitative estimate of drug-likeness (QED) is 0.670. The Balaban J connectivity index is 1.53. The van der Waals surface area contributed by atoms with Crippen molar-refractivity contribution < 1.29 is 13.4 Å². The monoisotopic (exact) mass is 388 g/mol. The highest BCUT2D eigenvalue weighted by Crippen LogP contribution is 2.24. The number of carbonyl (C=O) groups is 1. The van der Waals surface area contributed by atoms with Crippen LogP contribution in [0.1, 0.15) is 23.7 Å². The Morgan fingerprint density at radius 3 is 2.77 bits per heavy atom. The molecule has 0 aliphatic rings. The Kier molecular flexibility index (Phi) is 6.00. The van der Waals surface area contributed by atoms with Crippen molar-refractivity contribution in [1.29, 1.82) is 0 Å². The molecule has 136 valence electrons. The standard InChI is InChI=1S/C19H20N2O3S2/c1-13-5-7-15(8-6-13)10-20-18(22)14(2)26(23)12-16-11-25-19(21-16)17-4-3-9-24-17/h3-9,11,14H,10,12H2,1-2H3,(H,20,22). The first-order valence-corrected chi connectivity index (χ1v) is 10.5. The Labute approximate surface area is 158 Å². The number of benzene rings is 1. The van der Waals surface area contributed by atoms with Crippen LogP contribution < -0.4 is 5.32 Å². The van der Waals surface area contributed by atoms with E-state index in [4.69, 9.17) is 4.42 Å². The number of rotatable bonds is 7. The predicted octanol–water partition coefficient (Wildman–Crippen LogP) is 3.67. The molecule has 0 fully saturated rings. The summed E-state index contributed by atoms with van der Waals surface area (Å²) >= 11 is 1.44. The van der Waals surface area contributed by atoms with Crippen molar-refractivity contribution >= 4 is 28.0 Å². The summed E-state index contributed by atoms with van der Waals surface area (Å²) in [5.41, 5.74) is 2.90. The molecule has 2 aromatic heterocycles. The highest BCUT2D eigenvalue weighted by molar-refractivity contribution is 7.85. The van der Waals surface area contributed by atoms with Crippen LogP contribution in [-0.2, 0) is 27.9 Å². The topological polar surface area (TPSA) is 72.2 Å². The molecule has 0 aliphatic heterocycles. The fourth-order valence-electron chi connectivity index (χ4n) is 2.32. The molecule has 2 heterocycles. The van der Waals surface area contributed by atoms with Gasteiger partial charge in [-0.2, -0.15) is 0 Å². The van der Waals surface area contributed by atoms with Crippen LogP contribution in [0.2, 0.25) is 0 Å². The average molecular weight is 389 g/mol. The zero-order chi connectivity index (χ0) is 18.5. The third-order valence-electron chi connectivity index (χ3n) is 3.92. The SMILES string of the molecule is Cc1ccc(CNC(=O)C(C)S(=O)Cc2csc(-c3ccco3)n2)cc1. The van der Waals surface area contributed by atoms with E-state index in [1.54, 1.807) is 19.3 Å². The van der Waals surface area contributed by atoms with Crippen molar-refractivity contribution in [3.63, 3.8) is 0 Å². The van der Waals surface area contributed by atoms with Crippen molar-refractivity contribution in [2.45, 2.75) is 31.4 Å². The number of thiazole rings is 1. The van der Waals surface area contributed by atoms with Gasteiger partial charge in [0.25, 0.3) is 0 Å². The average Bonchev–Trinajstić information content (AvgIpc) is 3.31. The third-order valence-corrected chi connectivity index (χ3v) is 6.41. The predicted molar refractivity (Wildman–Crippen MR) is 104 cm³/mol. The molecule has 0 bridgehead atoms. The summed E-state index contributed by atoms with van der Waals surface area (Å²) in [5, 5.41) is 4.85. The minimum atomic E-state index is -1.34. The lowest BCUT2D eigenvalue weighted by atomic mass is 10.1. The highest BCUT2D eigenvalue weighted by Gasteiger charge is 2.21. The zero-order valence-electron chi connectivity index (χ0n) is 14.6. The molecule has 26 heavy (non-hydrogen) atoms. The van der Waals surface area contributed by atoms with Gasteiger partial charge in [0.2, 0.25) is 5.91 Å². The van der Waals surface area contributed by atoms with E-state index >= 15 is 0 Å². The minimum absolute atomic E-state index is 0.217. The Bertz CT molecular complexity index is 886. The van der Waals surface area contributed by atoms with E-state index in [0.29, 0.717) is 18.0 Å².